The Kier molecular flexibility index (Phi) is 6.31. The lowest BCUT2D eigenvalue weighted by Crippen LogP contribution is -2.26. The molecule has 0 aliphatic heterocycles. The summed E-state index contributed by atoms with van der Waals surface area (Å²) in [5.74, 6) is 0. The average molecular weight is 320 g/mol. The van der Waals surface area contributed by atoms with E-state index in [1.54, 1.807) is 6.20 Å². The largest absolute Gasteiger partial charge is 0.394 e. The third kappa shape index (κ3) is 4.40. The summed E-state index contributed by atoms with van der Waals surface area (Å²) in [4.78, 5) is 11.8. The first-order valence-electron chi connectivity index (χ1n) is 5.78. The number of aliphatic hydroxyl groups excluding tert-OH is 1. The average Bonchev–Trinajstić information content (AvgIpc) is 2.33. The molecule has 0 fully saturated rings. The first-order chi connectivity index (χ1) is 8.56. The second-order valence-corrected chi connectivity index (χ2v) is 4.76. The lowest BCUT2D eigenvalue weighted by Gasteiger charge is -2.11. The molecular formula is C11H18BrN3O3. The molecule has 0 unspecified atom stereocenters. The van der Waals surface area contributed by atoms with Gasteiger partial charge in [0.25, 0.3) is 5.56 Å². The van der Waals surface area contributed by atoms with E-state index in [1.807, 2.05) is 13.8 Å². The third-order valence-electron chi connectivity index (χ3n) is 2.17. The molecule has 0 radical (unpaired) electrons. The van der Waals surface area contributed by atoms with E-state index in [-0.39, 0.29) is 24.8 Å². The number of aromatic nitrogens is 2. The van der Waals surface area contributed by atoms with Crippen molar-refractivity contribution in [2.45, 2.75) is 26.5 Å². The van der Waals surface area contributed by atoms with Crippen LogP contribution in [0.1, 0.15) is 13.8 Å². The van der Waals surface area contributed by atoms with Gasteiger partial charge in [-0.3, -0.25) is 4.79 Å². The molecule has 0 spiro atoms. The smallest absolute Gasteiger partial charge is 0.283 e. The Labute approximate surface area is 114 Å². The molecule has 0 aliphatic carbocycles. The number of aliphatic hydroxyl groups is 1. The van der Waals surface area contributed by atoms with Crippen LogP contribution in [0.25, 0.3) is 0 Å². The van der Waals surface area contributed by atoms with Crippen molar-refractivity contribution in [2.75, 3.05) is 25.1 Å². The van der Waals surface area contributed by atoms with Crippen LogP contribution in [0.15, 0.2) is 15.5 Å². The summed E-state index contributed by atoms with van der Waals surface area (Å²) in [6.07, 6.45) is 1.74. The summed E-state index contributed by atoms with van der Waals surface area (Å²) < 4.78 is 7.00. The minimum absolute atomic E-state index is 0.117. The van der Waals surface area contributed by atoms with Gasteiger partial charge in [0.1, 0.15) is 4.47 Å². The first-order valence-corrected chi connectivity index (χ1v) is 6.57. The van der Waals surface area contributed by atoms with Crippen LogP contribution in [0.4, 0.5) is 5.69 Å². The third-order valence-corrected chi connectivity index (χ3v) is 2.93. The highest BCUT2D eigenvalue weighted by Gasteiger charge is 2.07. The fraction of sp³-hybridized carbons (Fsp3) is 0.636. The standard InChI is InChI=1S/C11H18BrN3O3/c1-8(2)18-6-3-13-9-7-14-15(4-5-16)11(17)10(9)12/h7-8,13,16H,3-6H2,1-2H3. The first kappa shape index (κ1) is 15.1. The number of nitrogens with zero attached hydrogens (tertiary/aromatic N) is 2. The Morgan fingerprint density at radius 2 is 2.33 bits per heavy atom. The number of hydrogen-bond acceptors (Lipinski definition) is 5. The van der Waals surface area contributed by atoms with Crippen molar-refractivity contribution in [2.24, 2.45) is 0 Å². The van der Waals surface area contributed by atoms with E-state index in [4.69, 9.17) is 9.84 Å². The van der Waals surface area contributed by atoms with Gasteiger partial charge in [0.15, 0.2) is 0 Å². The van der Waals surface area contributed by atoms with Crippen molar-refractivity contribution in [1.29, 1.82) is 0 Å². The zero-order chi connectivity index (χ0) is 13.5. The maximum absolute atomic E-state index is 11.8. The predicted molar refractivity (Wildman–Crippen MR) is 72.9 cm³/mol. The molecule has 2 N–H and O–H groups in total. The quantitative estimate of drug-likeness (QED) is 0.728. The number of hydrogen-bond donors (Lipinski definition) is 2. The molecular weight excluding hydrogens is 302 g/mol. The van der Waals surface area contributed by atoms with Crippen molar-refractivity contribution in [3.8, 4) is 0 Å². The zero-order valence-corrected chi connectivity index (χ0v) is 12.1. The molecule has 18 heavy (non-hydrogen) atoms. The highest BCUT2D eigenvalue weighted by atomic mass is 79.9. The summed E-state index contributed by atoms with van der Waals surface area (Å²) in [7, 11) is 0. The van der Waals surface area contributed by atoms with Gasteiger partial charge in [-0.15, -0.1) is 0 Å². The molecule has 0 amide bonds. The summed E-state index contributed by atoms with van der Waals surface area (Å²) in [6.45, 7) is 5.16. The van der Waals surface area contributed by atoms with Crippen LogP contribution in [-0.4, -0.2) is 40.7 Å². The molecule has 1 aromatic rings. The molecule has 0 saturated carbocycles. The summed E-state index contributed by atoms with van der Waals surface area (Å²) in [5, 5.41) is 15.8. The summed E-state index contributed by atoms with van der Waals surface area (Å²) >= 11 is 3.22. The van der Waals surface area contributed by atoms with E-state index >= 15 is 0 Å². The SMILES string of the molecule is CC(C)OCCNc1cnn(CCO)c(=O)c1Br. The second-order valence-electron chi connectivity index (χ2n) is 3.97. The van der Waals surface area contributed by atoms with Gasteiger partial charge in [0, 0.05) is 6.54 Å². The van der Waals surface area contributed by atoms with Crippen molar-refractivity contribution < 1.29 is 9.84 Å². The van der Waals surface area contributed by atoms with Crippen molar-refractivity contribution in [3.05, 3.63) is 21.0 Å². The second kappa shape index (κ2) is 7.50. The lowest BCUT2D eigenvalue weighted by atomic mass is 10.4. The maximum Gasteiger partial charge on any atom is 0.283 e. The Morgan fingerprint density at radius 3 is 2.94 bits per heavy atom. The highest BCUT2D eigenvalue weighted by molar-refractivity contribution is 9.10. The minimum atomic E-state index is -0.265. The van der Waals surface area contributed by atoms with Gasteiger partial charge in [0.05, 0.1) is 37.7 Å². The van der Waals surface area contributed by atoms with Crippen LogP contribution in [0.5, 0.6) is 0 Å². The van der Waals surface area contributed by atoms with E-state index in [0.29, 0.717) is 23.3 Å². The molecule has 1 aromatic heterocycles. The van der Waals surface area contributed by atoms with E-state index in [2.05, 4.69) is 26.3 Å². The molecule has 0 aliphatic rings. The molecule has 0 saturated heterocycles. The molecule has 0 aromatic carbocycles. The lowest BCUT2D eigenvalue weighted by molar-refractivity contribution is 0.0870. The monoisotopic (exact) mass is 319 g/mol. The van der Waals surface area contributed by atoms with Gasteiger partial charge in [-0.25, -0.2) is 4.68 Å². The van der Waals surface area contributed by atoms with Crippen LogP contribution in [0.3, 0.4) is 0 Å². The van der Waals surface area contributed by atoms with Crippen LogP contribution in [0, 0.1) is 0 Å². The zero-order valence-electron chi connectivity index (χ0n) is 10.5. The number of ether oxygens (including phenoxy) is 1. The Morgan fingerprint density at radius 1 is 1.61 bits per heavy atom. The van der Waals surface area contributed by atoms with Crippen LogP contribution in [0.2, 0.25) is 0 Å². The van der Waals surface area contributed by atoms with Gasteiger partial charge < -0.3 is 15.2 Å². The Balaban J connectivity index is 2.62. The van der Waals surface area contributed by atoms with Gasteiger partial charge in [0.2, 0.25) is 0 Å². The van der Waals surface area contributed by atoms with Gasteiger partial charge in [-0.2, -0.15) is 5.10 Å². The van der Waals surface area contributed by atoms with Crippen molar-refractivity contribution in [3.63, 3.8) is 0 Å². The van der Waals surface area contributed by atoms with E-state index < -0.39 is 0 Å². The molecule has 1 heterocycles. The summed E-state index contributed by atoms with van der Waals surface area (Å²) in [5.41, 5.74) is 0.361. The van der Waals surface area contributed by atoms with Gasteiger partial charge in [-0.05, 0) is 29.8 Å². The molecule has 102 valence electrons. The fourth-order valence-electron chi connectivity index (χ4n) is 1.32. The molecule has 1 rings (SSSR count). The van der Waals surface area contributed by atoms with Crippen LogP contribution in [-0.2, 0) is 11.3 Å². The molecule has 0 atom stereocenters. The Hall–Kier alpha value is -0.920. The topological polar surface area (TPSA) is 76.4 Å². The molecule has 6 nitrogen and oxygen atoms in total. The van der Waals surface area contributed by atoms with E-state index in [0.717, 1.165) is 0 Å². The maximum atomic E-state index is 11.8. The van der Waals surface area contributed by atoms with Crippen molar-refractivity contribution >= 4 is 21.6 Å². The molecule has 7 heteroatoms. The summed E-state index contributed by atoms with van der Waals surface area (Å²) in [6, 6.07) is 0. The normalized spacial score (nSPS) is 10.9. The number of halogens is 1. The number of nitrogens with one attached hydrogen (secondary N) is 1. The van der Waals surface area contributed by atoms with Crippen LogP contribution < -0.4 is 10.9 Å². The fourth-order valence-corrected chi connectivity index (χ4v) is 1.77. The highest BCUT2D eigenvalue weighted by Crippen LogP contribution is 2.15. The minimum Gasteiger partial charge on any atom is -0.394 e. The predicted octanol–water partition coefficient (Wildman–Crippen LogP) is 0.835. The van der Waals surface area contributed by atoms with E-state index in [9.17, 15) is 4.79 Å². The van der Waals surface area contributed by atoms with E-state index in [1.165, 1.54) is 4.68 Å². The number of anilines is 1. The van der Waals surface area contributed by atoms with Crippen molar-refractivity contribution in [1.82, 2.24) is 9.78 Å². The van der Waals surface area contributed by atoms with Gasteiger partial charge in [-0.1, -0.05) is 0 Å². The van der Waals surface area contributed by atoms with Gasteiger partial charge >= 0.3 is 0 Å². The Bertz CT molecular complexity index is 434. The molecule has 0 bridgehead atoms. The number of rotatable bonds is 7. The van der Waals surface area contributed by atoms with Crippen LogP contribution >= 0.6 is 15.9 Å².